The molecule has 1 atom stereocenters. The van der Waals surface area contributed by atoms with Gasteiger partial charge < -0.3 is 20.1 Å². The topological polar surface area (TPSA) is 135 Å². The van der Waals surface area contributed by atoms with Crippen molar-refractivity contribution in [3.63, 3.8) is 0 Å². The summed E-state index contributed by atoms with van der Waals surface area (Å²) >= 11 is 0. The second kappa shape index (κ2) is 10.1. The maximum Gasteiger partial charge on any atom is 0.315 e. The number of benzene rings is 1. The van der Waals surface area contributed by atoms with Crippen LogP contribution in [0.25, 0.3) is 33.2 Å². The third-order valence-electron chi connectivity index (χ3n) is 7.70. The molecule has 5 heterocycles. The molecule has 40 heavy (non-hydrogen) atoms. The minimum absolute atomic E-state index is 0.0364. The van der Waals surface area contributed by atoms with Gasteiger partial charge in [0.05, 0.1) is 22.6 Å². The molecule has 1 saturated heterocycles. The molecule has 0 saturated carbocycles. The summed E-state index contributed by atoms with van der Waals surface area (Å²) in [6, 6.07) is 8.07. The van der Waals surface area contributed by atoms with E-state index in [1.165, 1.54) is 0 Å². The number of pyridine rings is 1. The molecule has 0 aliphatic carbocycles. The van der Waals surface area contributed by atoms with Gasteiger partial charge in [-0.3, -0.25) is 9.78 Å². The number of aryl methyl sites for hydroxylation is 1. The number of hydrogen-bond donors (Lipinski definition) is 3. The van der Waals surface area contributed by atoms with Crippen molar-refractivity contribution in [2.75, 3.05) is 13.1 Å². The maximum atomic E-state index is 12.8. The van der Waals surface area contributed by atoms with Gasteiger partial charge in [-0.1, -0.05) is 38.1 Å². The molecule has 10 nitrogen and oxygen atoms in total. The third kappa shape index (κ3) is 4.83. The lowest BCUT2D eigenvalue weighted by atomic mass is 9.93. The zero-order valence-corrected chi connectivity index (χ0v) is 23.5. The van der Waals surface area contributed by atoms with Crippen molar-refractivity contribution in [3.05, 3.63) is 65.3 Å². The highest BCUT2D eigenvalue weighted by atomic mass is 16.5. The summed E-state index contributed by atoms with van der Waals surface area (Å²) in [7, 11) is 0. The fourth-order valence-corrected chi connectivity index (χ4v) is 5.46. The molecule has 5 aromatic rings. The molecule has 1 aliphatic rings. The molecular weight excluding hydrogens is 504 g/mol. The Kier molecular flexibility index (Phi) is 6.58. The van der Waals surface area contributed by atoms with Crippen molar-refractivity contribution >= 4 is 27.8 Å². The number of aromatic amines is 1. The third-order valence-corrected chi connectivity index (χ3v) is 7.70. The molecule has 0 bridgehead atoms. The van der Waals surface area contributed by atoms with Crippen molar-refractivity contribution in [2.24, 2.45) is 0 Å². The first-order valence-electron chi connectivity index (χ1n) is 13.8. The number of nitrogens with zero attached hydrogens (tertiary/aromatic N) is 5. The Bertz CT molecular complexity index is 1710. The van der Waals surface area contributed by atoms with Crippen molar-refractivity contribution in [2.45, 2.75) is 64.8 Å². The van der Waals surface area contributed by atoms with E-state index in [1.54, 1.807) is 6.33 Å². The van der Waals surface area contributed by atoms with Crippen LogP contribution in [0.5, 0.6) is 0 Å². The monoisotopic (exact) mass is 538 g/mol. The van der Waals surface area contributed by atoms with E-state index < -0.39 is 5.91 Å². The standard InChI is InChI=1S/C30H34N8O2/c1-16-12-19(6-7-20(16)17(2)35-27(39)28-37-29(38-40-28)30(3,4)5)25-24-21-14-32-22(18-8-10-31-11-9-18)13-23(21)36-26(24)34-15-33-25/h6-7,12-15,17-18,31H,8-11H2,1-5H3,(H,35,39)(H,33,34,36)/t17-/m1/s1. The van der Waals surface area contributed by atoms with Crippen LogP contribution in [0, 0.1) is 6.92 Å². The Hall–Kier alpha value is -4.18. The summed E-state index contributed by atoms with van der Waals surface area (Å²) in [4.78, 5) is 34.6. The van der Waals surface area contributed by atoms with Crippen molar-refractivity contribution < 1.29 is 9.32 Å². The first-order chi connectivity index (χ1) is 19.2. The van der Waals surface area contributed by atoms with Crippen LogP contribution in [-0.2, 0) is 5.41 Å². The van der Waals surface area contributed by atoms with Gasteiger partial charge in [-0.2, -0.15) is 4.98 Å². The number of aromatic nitrogens is 6. The van der Waals surface area contributed by atoms with Crippen LogP contribution < -0.4 is 10.6 Å². The van der Waals surface area contributed by atoms with Gasteiger partial charge in [0.25, 0.3) is 0 Å². The van der Waals surface area contributed by atoms with E-state index in [1.807, 2.05) is 52.9 Å². The second-order valence-corrected chi connectivity index (χ2v) is 11.7. The lowest BCUT2D eigenvalue weighted by molar-refractivity contribution is 0.0895. The SMILES string of the molecule is Cc1cc(-c2ncnc3[nH]c4cc(C5CCNCC5)ncc4c23)ccc1[C@@H](C)NC(=O)c1nc(C(C)(C)C)no1. The number of hydrogen-bond acceptors (Lipinski definition) is 8. The number of carbonyl (C=O) groups is 1. The number of piperidine rings is 1. The summed E-state index contributed by atoms with van der Waals surface area (Å²) in [5, 5.41) is 12.3. The summed E-state index contributed by atoms with van der Waals surface area (Å²) in [6.07, 6.45) is 5.75. The maximum absolute atomic E-state index is 12.8. The van der Waals surface area contributed by atoms with Crippen LogP contribution >= 0.6 is 0 Å². The van der Waals surface area contributed by atoms with Gasteiger partial charge in [-0.15, -0.1) is 0 Å². The molecule has 206 valence electrons. The lowest BCUT2D eigenvalue weighted by Gasteiger charge is -2.21. The zero-order chi connectivity index (χ0) is 28.0. The lowest BCUT2D eigenvalue weighted by Crippen LogP contribution is -2.27. The number of H-pyrrole nitrogens is 1. The molecule has 0 radical (unpaired) electrons. The molecule has 3 N–H and O–H groups in total. The highest BCUT2D eigenvalue weighted by molar-refractivity contribution is 6.11. The zero-order valence-electron chi connectivity index (χ0n) is 23.5. The molecule has 1 fully saturated rings. The van der Waals surface area contributed by atoms with Gasteiger partial charge in [0, 0.05) is 34.2 Å². The Morgan fingerprint density at radius 2 is 1.93 bits per heavy atom. The molecule has 0 unspecified atom stereocenters. The van der Waals surface area contributed by atoms with Gasteiger partial charge in [0.1, 0.15) is 12.0 Å². The van der Waals surface area contributed by atoms with E-state index in [-0.39, 0.29) is 17.3 Å². The van der Waals surface area contributed by atoms with Crippen LogP contribution in [0.15, 0.2) is 41.3 Å². The molecule has 10 heteroatoms. The average Bonchev–Trinajstić information content (AvgIpc) is 3.58. The fraction of sp³-hybridized carbons (Fsp3) is 0.400. The van der Waals surface area contributed by atoms with Crippen molar-refractivity contribution in [3.8, 4) is 11.3 Å². The molecule has 1 aliphatic heterocycles. The smallest absolute Gasteiger partial charge is 0.315 e. The summed E-state index contributed by atoms with van der Waals surface area (Å²) in [5.74, 6) is 0.537. The van der Waals surface area contributed by atoms with E-state index in [0.29, 0.717) is 11.7 Å². The predicted molar refractivity (Wildman–Crippen MR) is 153 cm³/mol. The van der Waals surface area contributed by atoms with Gasteiger partial charge in [0.2, 0.25) is 0 Å². The molecule has 6 rings (SSSR count). The summed E-state index contributed by atoms with van der Waals surface area (Å²) < 4.78 is 5.21. The Balaban J connectivity index is 1.27. The van der Waals surface area contributed by atoms with Crippen molar-refractivity contribution in [1.82, 2.24) is 40.7 Å². The van der Waals surface area contributed by atoms with E-state index in [0.717, 1.165) is 75.9 Å². The predicted octanol–water partition coefficient (Wildman–Crippen LogP) is 5.12. The van der Waals surface area contributed by atoms with Crippen LogP contribution in [0.3, 0.4) is 0 Å². The number of carbonyl (C=O) groups excluding carboxylic acids is 1. The second-order valence-electron chi connectivity index (χ2n) is 11.7. The molecule has 4 aromatic heterocycles. The Morgan fingerprint density at radius 1 is 1.12 bits per heavy atom. The van der Waals surface area contributed by atoms with Gasteiger partial charge >= 0.3 is 11.8 Å². The van der Waals surface area contributed by atoms with Gasteiger partial charge in [-0.05, 0) is 63.0 Å². The minimum atomic E-state index is -0.397. The van der Waals surface area contributed by atoms with Crippen LogP contribution in [0.4, 0.5) is 0 Å². The summed E-state index contributed by atoms with van der Waals surface area (Å²) in [5.41, 5.74) is 6.49. The van der Waals surface area contributed by atoms with E-state index >= 15 is 0 Å². The molecule has 0 spiro atoms. The number of nitrogens with one attached hydrogen (secondary N) is 3. The molecule has 1 amide bonds. The number of rotatable bonds is 5. The highest BCUT2D eigenvalue weighted by Gasteiger charge is 2.25. The largest absolute Gasteiger partial charge is 0.341 e. The highest BCUT2D eigenvalue weighted by Crippen LogP contribution is 2.35. The van der Waals surface area contributed by atoms with Crippen LogP contribution in [0.1, 0.15) is 85.8 Å². The normalized spacial score (nSPS) is 15.5. The number of amides is 1. The summed E-state index contributed by atoms with van der Waals surface area (Å²) in [6.45, 7) is 11.9. The molecular formula is C30H34N8O2. The van der Waals surface area contributed by atoms with Crippen molar-refractivity contribution in [1.29, 1.82) is 0 Å². The Morgan fingerprint density at radius 3 is 2.65 bits per heavy atom. The van der Waals surface area contributed by atoms with Crippen LogP contribution in [0.2, 0.25) is 0 Å². The fourth-order valence-electron chi connectivity index (χ4n) is 5.46. The van der Waals surface area contributed by atoms with Gasteiger partial charge in [0.15, 0.2) is 5.82 Å². The van der Waals surface area contributed by atoms with E-state index in [9.17, 15) is 4.79 Å². The quantitative estimate of drug-likeness (QED) is 0.281. The number of fused-ring (bicyclic) bond motifs is 3. The minimum Gasteiger partial charge on any atom is -0.341 e. The van der Waals surface area contributed by atoms with Crippen LogP contribution in [-0.4, -0.2) is 49.1 Å². The Labute approximate surface area is 232 Å². The van der Waals surface area contributed by atoms with E-state index in [2.05, 4.69) is 47.9 Å². The van der Waals surface area contributed by atoms with E-state index in [4.69, 9.17) is 9.51 Å². The average molecular weight is 539 g/mol. The first-order valence-corrected chi connectivity index (χ1v) is 13.8. The molecule has 1 aromatic carbocycles. The first kappa shape index (κ1) is 26.1. The van der Waals surface area contributed by atoms with Gasteiger partial charge in [-0.25, -0.2) is 9.97 Å².